The first-order valence-corrected chi connectivity index (χ1v) is 8.39. The summed E-state index contributed by atoms with van der Waals surface area (Å²) in [6.07, 6.45) is 3.04. The summed E-state index contributed by atoms with van der Waals surface area (Å²) < 4.78 is 5.33. The van der Waals surface area contributed by atoms with Crippen molar-refractivity contribution in [1.29, 1.82) is 0 Å². The van der Waals surface area contributed by atoms with Crippen LogP contribution in [-0.2, 0) is 4.74 Å². The van der Waals surface area contributed by atoms with E-state index in [1.165, 1.54) is 12.1 Å². The first kappa shape index (κ1) is 16.4. The Morgan fingerprint density at radius 2 is 1.96 bits per heavy atom. The Hall–Kier alpha value is -2.51. The number of ketones is 1. The van der Waals surface area contributed by atoms with Gasteiger partial charge < -0.3 is 9.64 Å². The lowest BCUT2D eigenvalue weighted by atomic mass is 10.1. The van der Waals surface area contributed by atoms with Crippen LogP contribution in [0.3, 0.4) is 0 Å². The molecule has 2 heterocycles. The van der Waals surface area contributed by atoms with Crippen LogP contribution in [0.25, 0.3) is 6.08 Å². The quantitative estimate of drug-likeness (QED) is 0.360. The fraction of sp³-hybridized carbons (Fsp3) is 0.235. The van der Waals surface area contributed by atoms with E-state index >= 15 is 0 Å². The van der Waals surface area contributed by atoms with Gasteiger partial charge in [-0.1, -0.05) is 11.3 Å². The van der Waals surface area contributed by atoms with Crippen molar-refractivity contribution in [2.24, 2.45) is 0 Å². The van der Waals surface area contributed by atoms with Gasteiger partial charge >= 0.3 is 5.00 Å². The van der Waals surface area contributed by atoms with Gasteiger partial charge in [-0.3, -0.25) is 14.9 Å². The lowest BCUT2D eigenvalue weighted by Gasteiger charge is -2.28. The summed E-state index contributed by atoms with van der Waals surface area (Å²) in [6, 6.07) is 8.92. The number of ether oxygens (including phenoxy) is 1. The number of nitro groups is 1. The highest BCUT2D eigenvalue weighted by atomic mass is 32.1. The van der Waals surface area contributed by atoms with Gasteiger partial charge in [0.25, 0.3) is 0 Å². The summed E-state index contributed by atoms with van der Waals surface area (Å²) in [5.74, 6) is -0.127. The SMILES string of the molecule is O=C(C=Cc1csc([N+](=O)[O-])c1)c1ccc(N2CCOCC2)cc1. The number of hydrogen-bond acceptors (Lipinski definition) is 6. The standard InChI is InChI=1S/C17H16N2O4S/c20-16(6-1-13-11-17(19(21)22)24-12-13)14-2-4-15(5-3-14)18-7-9-23-10-8-18/h1-6,11-12H,7-10H2. The van der Waals surface area contributed by atoms with Gasteiger partial charge in [-0.15, -0.1) is 0 Å². The van der Waals surface area contributed by atoms with Crippen LogP contribution in [0.15, 0.2) is 41.8 Å². The third kappa shape index (κ3) is 3.87. The molecule has 3 rings (SSSR count). The maximum absolute atomic E-state index is 12.2. The van der Waals surface area contributed by atoms with Gasteiger partial charge in [0.1, 0.15) is 0 Å². The zero-order valence-corrected chi connectivity index (χ0v) is 13.7. The number of rotatable bonds is 5. The molecule has 6 nitrogen and oxygen atoms in total. The number of carbonyl (C=O) groups excluding carboxylic acids is 1. The monoisotopic (exact) mass is 344 g/mol. The van der Waals surface area contributed by atoms with Gasteiger partial charge in [-0.2, -0.15) is 0 Å². The highest BCUT2D eigenvalue weighted by Gasteiger charge is 2.12. The largest absolute Gasteiger partial charge is 0.378 e. The molecule has 0 N–H and O–H groups in total. The number of carbonyl (C=O) groups is 1. The van der Waals surface area contributed by atoms with Crippen molar-refractivity contribution < 1.29 is 14.5 Å². The van der Waals surface area contributed by atoms with E-state index in [-0.39, 0.29) is 10.8 Å². The van der Waals surface area contributed by atoms with Crippen molar-refractivity contribution in [1.82, 2.24) is 0 Å². The molecule has 7 heteroatoms. The van der Waals surface area contributed by atoms with E-state index in [0.29, 0.717) is 11.1 Å². The number of morpholine rings is 1. The van der Waals surface area contributed by atoms with Crippen LogP contribution < -0.4 is 4.90 Å². The molecule has 1 aliphatic rings. The van der Waals surface area contributed by atoms with Crippen LogP contribution >= 0.6 is 11.3 Å². The molecule has 1 aromatic carbocycles. The molecule has 24 heavy (non-hydrogen) atoms. The van der Waals surface area contributed by atoms with Gasteiger partial charge in [0.2, 0.25) is 0 Å². The van der Waals surface area contributed by atoms with E-state index in [1.54, 1.807) is 23.6 Å². The average Bonchev–Trinajstić information content (AvgIpc) is 3.10. The molecule has 2 aromatic rings. The lowest BCUT2D eigenvalue weighted by molar-refractivity contribution is -0.380. The Kier molecular flexibility index (Phi) is 5.02. The van der Waals surface area contributed by atoms with Crippen molar-refractivity contribution in [3.05, 3.63) is 63.0 Å². The summed E-state index contributed by atoms with van der Waals surface area (Å²) in [6.45, 7) is 3.14. The third-order valence-corrected chi connectivity index (χ3v) is 4.64. The lowest BCUT2D eigenvalue weighted by Crippen LogP contribution is -2.36. The summed E-state index contributed by atoms with van der Waals surface area (Å²) in [5, 5.41) is 12.4. The highest BCUT2D eigenvalue weighted by Crippen LogP contribution is 2.23. The van der Waals surface area contributed by atoms with E-state index in [1.807, 2.05) is 12.1 Å². The molecule has 1 fully saturated rings. The molecule has 0 unspecified atom stereocenters. The smallest absolute Gasteiger partial charge is 0.324 e. The minimum atomic E-state index is -0.436. The predicted octanol–water partition coefficient (Wildman–Crippen LogP) is 3.39. The maximum Gasteiger partial charge on any atom is 0.324 e. The summed E-state index contributed by atoms with van der Waals surface area (Å²) in [4.78, 5) is 24.6. The molecule has 0 saturated carbocycles. The molecule has 1 aromatic heterocycles. The Bertz CT molecular complexity index is 761. The fourth-order valence-corrected chi connectivity index (χ4v) is 3.14. The number of allylic oxidation sites excluding steroid dienone is 1. The van der Waals surface area contributed by atoms with Crippen molar-refractivity contribution in [2.75, 3.05) is 31.2 Å². The van der Waals surface area contributed by atoms with Crippen LogP contribution in [0.4, 0.5) is 10.7 Å². The molecule has 124 valence electrons. The molecule has 0 radical (unpaired) electrons. The predicted molar refractivity (Wildman–Crippen MR) is 93.8 cm³/mol. The van der Waals surface area contributed by atoms with Gasteiger partial charge in [0.05, 0.1) is 18.1 Å². The van der Waals surface area contributed by atoms with Crippen LogP contribution in [-0.4, -0.2) is 37.0 Å². The van der Waals surface area contributed by atoms with Crippen molar-refractivity contribution in [3.63, 3.8) is 0 Å². The van der Waals surface area contributed by atoms with Gasteiger partial charge in [0, 0.05) is 35.8 Å². The normalized spacial score (nSPS) is 14.9. The number of anilines is 1. The van der Waals surface area contributed by atoms with Gasteiger partial charge in [0.15, 0.2) is 5.78 Å². The molecule has 0 amide bonds. The van der Waals surface area contributed by atoms with E-state index in [2.05, 4.69) is 4.90 Å². The van der Waals surface area contributed by atoms with Crippen LogP contribution in [0.5, 0.6) is 0 Å². The Balaban J connectivity index is 1.65. The zero-order chi connectivity index (χ0) is 16.9. The van der Waals surface area contributed by atoms with E-state index in [9.17, 15) is 14.9 Å². The Morgan fingerprint density at radius 3 is 2.58 bits per heavy atom. The molecule has 0 spiro atoms. The minimum absolute atomic E-state index is 0.0666. The second-order valence-electron chi connectivity index (χ2n) is 5.32. The number of hydrogen-bond donors (Lipinski definition) is 0. The van der Waals surface area contributed by atoms with Crippen LogP contribution in [0.2, 0.25) is 0 Å². The van der Waals surface area contributed by atoms with Gasteiger partial charge in [-0.25, -0.2) is 0 Å². The van der Waals surface area contributed by atoms with Gasteiger partial charge in [-0.05, 0) is 42.0 Å². The number of nitrogens with zero attached hydrogens (tertiary/aromatic N) is 2. The molecular weight excluding hydrogens is 328 g/mol. The first-order valence-electron chi connectivity index (χ1n) is 7.51. The second kappa shape index (κ2) is 7.37. The second-order valence-corrected chi connectivity index (χ2v) is 6.21. The van der Waals surface area contributed by atoms with Crippen molar-refractivity contribution in [2.45, 2.75) is 0 Å². The molecule has 0 aliphatic carbocycles. The van der Waals surface area contributed by atoms with Crippen molar-refractivity contribution >= 4 is 33.9 Å². The topological polar surface area (TPSA) is 72.7 Å². The zero-order valence-electron chi connectivity index (χ0n) is 12.9. The highest BCUT2D eigenvalue weighted by molar-refractivity contribution is 7.13. The summed E-state index contributed by atoms with van der Waals surface area (Å²) in [5.41, 5.74) is 2.32. The molecule has 0 atom stereocenters. The van der Waals surface area contributed by atoms with Crippen LogP contribution in [0, 0.1) is 10.1 Å². The summed E-state index contributed by atoms with van der Waals surface area (Å²) in [7, 11) is 0. The molecule has 1 aliphatic heterocycles. The Labute approximate surface area is 143 Å². The van der Waals surface area contributed by atoms with E-state index < -0.39 is 4.92 Å². The average molecular weight is 344 g/mol. The molecule has 1 saturated heterocycles. The van der Waals surface area contributed by atoms with E-state index in [4.69, 9.17) is 4.74 Å². The summed E-state index contributed by atoms with van der Waals surface area (Å²) >= 11 is 1.05. The molecule has 0 bridgehead atoms. The number of benzene rings is 1. The first-order chi connectivity index (χ1) is 11.6. The third-order valence-electron chi connectivity index (χ3n) is 3.74. The fourth-order valence-electron chi connectivity index (χ4n) is 2.45. The maximum atomic E-state index is 12.2. The van der Waals surface area contributed by atoms with Crippen molar-refractivity contribution in [3.8, 4) is 0 Å². The van der Waals surface area contributed by atoms with E-state index in [0.717, 1.165) is 43.3 Å². The number of thiophene rings is 1. The van der Waals surface area contributed by atoms with Crippen LogP contribution in [0.1, 0.15) is 15.9 Å². The molecular formula is C17H16N2O4S. The Morgan fingerprint density at radius 1 is 1.25 bits per heavy atom. The minimum Gasteiger partial charge on any atom is -0.378 e.